The van der Waals surface area contributed by atoms with E-state index in [1.807, 2.05) is 30.3 Å². The molecule has 106 valence electrons. The molecular formula is C15H19N3O2. The van der Waals surface area contributed by atoms with Crippen molar-refractivity contribution in [1.29, 1.82) is 0 Å². The molecule has 0 aliphatic carbocycles. The molecule has 1 N–H and O–H groups in total. The summed E-state index contributed by atoms with van der Waals surface area (Å²) in [6.07, 6.45) is 0.756. The van der Waals surface area contributed by atoms with E-state index in [2.05, 4.69) is 17.3 Å². The molecule has 0 radical (unpaired) electrons. The van der Waals surface area contributed by atoms with Crippen molar-refractivity contribution < 1.29 is 9.59 Å². The molecule has 0 unspecified atom stereocenters. The molecule has 0 bridgehead atoms. The highest BCUT2D eigenvalue weighted by Gasteiger charge is 2.22. The van der Waals surface area contributed by atoms with Crippen molar-refractivity contribution >= 4 is 17.5 Å². The molecule has 20 heavy (non-hydrogen) atoms. The van der Waals surface area contributed by atoms with Crippen LogP contribution >= 0.6 is 0 Å². The Labute approximate surface area is 118 Å². The second kappa shape index (κ2) is 6.32. The van der Waals surface area contributed by atoms with Gasteiger partial charge in [-0.05, 0) is 11.5 Å². The summed E-state index contributed by atoms with van der Waals surface area (Å²) < 4.78 is 0. The number of benzene rings is 1. The maximum absolute atomic E-state index is 12.0. The van der Waals surface area contributed by atoms with Crippen LogP contribution in [0, 0.1) is 0 Å². The largest absolute Gasteiger partial charge is 0.350 e. The van der Waals surface area contributed by atoms with Gasteiger partial charge in [0.2, 0.25) is 5.91 Å². The summed E-state index contributed by atoms with van der Waals surface area (Å²) in [7, 11) is 1.57. The maximum atomic E-state index is 12.0. The van der Waals surface area contributed by atoms with Gasteiger partial charge in [0.25, 0.3) is 5.91 Å². The first-order valence-corrected chi connectivity index (χ1v) is 6.75. The lowest BCUT2D eigenvalue weighted by Crippen LogP contribution is -2.38. The summed E-state index contributed by atoms with van der Waals surface area (Å²) in [6, 6.07) is 10.0. The number of hydrazone groups is 1. The molecule has 0 fully saturated rings. The van der Waals surface area contributed by atoms with Crippen molar-refractivity contribution in [3.05, 3.63) is 35.9 Å². The Bertz CT molecular complexity index is 525. The fraction of sp³-hybridized carbons (Fsp3) is 0.400. The van der Waals surface area contributed by atoms with Crippen molar-refractivity contribution in [3.63, 3.8) is 0 Å². The van der Waals surface area contributed by atoms with Crippen LogP contribution in [0.3, 0.4) is 0 Å². The molecule has 1 aromatic rings. The van der Waals surface area contributed by atoms with Gasteiger partial charge in [-0.1, -0.05) is 37.3 Å². The zero-order chi connectivity index (χ0) is 14.5. The van der Waals surface area contributed by atoms with E-state index in [1.54, 1.807) is 7.05 Å². The zero-order valence-corrected chi connectivity index (χ0v) is 11.8. The van der Waals surface area contributed by atoms with Gasteiger partial charge >= 0.3 is 0 Å². The first kappa shape index (κ1) is 14.2. The van der Waals surface area contributed by atoms with Crippen molar-refractivity contribution in [2.24, 2.45) is 5.10 Å². The topological polar surface area (TPSA) is 61.8 Å². The minimum Gasteiger partial charge on any atom is -0.350 e. The van der Waals surface area contributed by atoms with E-state index < -0.39 is 0 Å². The van der Waals surface area contributed by atoms with E-state index in [0.717, 1.165) is 0 Å². The second-order valence-corrected chi connectivity index (χ2v) is 4.99. The summed E-state index contributed by atoms with van der Waals surface area (Å²) >= 11 is 0. The summed E-state index contributed by atoms with van der Waals surface area (Å²) in [6.45, 7) is 2.62. The third-order valence-corrected chi connectivity index (χ3v) is 3.41. The van der Waals surface area contributed by atoms with Crippen LogP contribution in [0.25, 0.3) is 0 Å². The fourth-order valence-electron chi connectivity index (χ4n) is 2.08. The third kappa shape index (κ3) is 3.44. The highest BCUT2D eigenvalue weighted by molar-refractivity contribution is 6.39. The summed E-state index contributed by atoms with van der Waals surface area (Å²) in [5, 5.41) is 8.12. The lowest BCUT2D eigenvalue weighted by atomic mass is 10.0. The van der Waals surface area contributed by atoms with Crippen molar-refractivity contribution in [2.75, 3.05) is 13.6 Å². The van der Waals surface area contributed by atoms with E-state index >= 15 is 0 Å². The third-order valence-electron chi connectivity index (χ3n) is 3.41. The number of carbonyl (C=O) groups is 2. The lowest BCUT2D eigenvalue weighted by Gasteiger charge is -2.19. The van der Waals surface area contributed by atoms with E-state index in [9.17, 15) is 9.59 Å². The molecule has 0 saturated heterocycles. The van der Waals surface area contributed by atoms with E-state index in [4.69, 9.17) is 0 Å². The number of amides is 2. The van der Waals surface area contributed by atoms with Gasteiger partial charge in [-0.3, -0.25) is 9.59 Å². The molecule has 2 amide bonds. The van der Waals surface area contributed by atoms with Gasteiger partial charge in [-0.25, -0.2) is 5.01 Å². The van der Waals surface area contributed by atoms with E-state index in [-0.39, 0.29) is 17.7 Å². The van der Waals surface area contributed by atoms with Gasteiger partial charge in [-0.2, -0.15) is 5.10 Å². The Hall–Kier alpha value is -2.17. The van der Waals surface area contributed by atoms with Gasteiger partial charge in [0.1, 0.15) is 5.71 Å². The van der Waals surface area contributed by atoms with Gasteiger partial charge in [-0.15, -0.1) is 0 Å². The van der Waals surface area contributed by atoms with Crippen LogP contribution in [0.5, 0.6) is 0 Å². The summed E-state index contributed by atoms with van der Waals surface area (Å²) in [5.41, 5.74) is 1.61. The first-order valence-electron chi connectivity index (χ1n) is 6.75. The number of carbonyl (C=O) groups excluding carboxylic acids is 2. The number of rotatable bonds is 4. The molecule has 1 aromatic carbocycles. The zero-order valence-electron chi connectivity index (χ0n) is 11.8. The maximum Gasteiger partial charge on any atom is 0.267 e. The van der Waals surface area contributed by atoms with Gasteiger partial charge in [0.15, 0.2) is 0 Å². The van der Waals surface area contributed by atoms with Crippen LogP contribution in [0.2, 0.25) is 0 Å². The molecule has 2 rings (SSSR count). The Morgan fingerprint density at radius 2 is 2.05 bits per heavy atom. The Kier molecular flexibility index (Phi) is 4.50. The van der Waals surface area contributed by atoms with Crippen LogP contribution < -0.4 is 5.32 Å². The van der Waals surface area contributed by atoms with Gasteiger partial charge < -0.3 is 5.32 Å². The molecule has 5 nitrogen and oxygen atoms in total. The highest BCUT2D eigenvalue weighted by atomic mass is 16.2. The smallest absolute Gasteiger partial charge is 0.267 e. The average Bonchev–Trinajstić information content (AvgIpc) is 2.48. The minimum atomic E-state index is -0.188. The Balaban J connectivity index is 1.90. The van der Waals surface area contributed by atoms with Crippen molar-refractivity contribution in [3.8, 4) is 0 Å². The highest BCUT2D eigenvalue weighted by Crippen LogP contribution is 2.13. The monoisotopic (exact) mass is 273 g/mol. The predicted molar refractivity (Wildman–Crippen MR) is 77.3 cm³/mol. The van der Waals surface area contributed by atoms with Crippen LogP contribution in [-0.2, 0) is 9.59 Å². The molecule has 1 atom stereocenters. The molecule has 1 heterocycles. The predicted octanol–water partition coefficient (Wildman–Crippen LogP) is 1.51. The average molecular weight is 273 g/mol. The van der Waals surface area contributed by atoms with Crippen LogP contribution in [0.1, 0.15) is 31.2 Å². The summed E-state index contributed by atoms with van der Waals surface area (Å²) in [4.78, 5) is 23.3. The molecule has 0 saturated carbocycles. The minimum absolute atomic E-state index is 0.0563. The molecule has 0 aromatic heterocycles. The van der Waals surface area contributed by atoms with Crippen LogP contribution in [0.15, 0.2) is 35.4 Å². The number of hydrogen-bond acceptors (Lipinski definition) is 3. The molecule has 1 aliphatic heterocycles. The Morgan fingerprint density at radius 1 is 1.35 bits per heavy atom. The molecular weight excluding hydrogens is 254 g/mol. The normalized spacial score (nSPS) is 16.6. The fourth-order valence-corrected chi connectivity index (χ4v) is 2.08. The Morgan fingerprint density at radius 3 is 2.70 bits per heavy atom. The lowest BCUT2D eigenvalue weighted by molar-refractivity contribution is -0.130. The number of hydrogen-bond donors (Lipinski definition) is 1. The molecule has 1 aliphatic rings. The van der Waals surface area contributed by atoms with Crippen LogP contribution in [0.4, 0.5) is 0 Å². The van der Waals surface area contributed by atoms with E-state index in [1.165, 1.54) is 10.6 Å². The van der Waals surface area contributed by atoms with Crippen LogP contribution in [-0.4, -0.2) is 36.1 Å². The second-order valence-electron chi connectivity index (χ2n) is 4.99. The van der Waals surface area contributed by atoms with Gasteiger partial charge in [0.05, 0.1) is 0 Å². The number of nitrogens with zero attached hydrogens (tertiary/aromatic N) is 2. The first-order chi connectivity index (χ1) is 9.58. The van der Waals surface area contributed by atoms with Crippen molar-refractivity contribution in [1.82, 2.24) is 10.3 Å². The van der Waals surface area contributed by atoms with Gasteiger partial charge in [0, 0.05) is 26.4 Å². The number of nitrogens with one attached hydrogen (secondary N) is 1. The molecule has 0 spiro atoms. The SMILES string of the molecule is C[C@H](CNC(=O)C1=NN(C)C(=O)CC1)c1ccccc1. The van der Waals surface area contributed by atoms with E-state index in [0.29, 0.717) is 25.1 Å². The standard InChI is InChI=1S/C15H19N3O2/c1-11(12-6-4-3-5-7-12)10-16-15(20)13-8-9-14(19)18(2)17-13/h3-7,11H,8-10H2,1-2H3,(H,16,20)/t11-/m1/s1. The van der Waals surface area contributed by atoms with Crippen molar-refractivity contribution in [2.45, 2.75) is 25.7 Å². The molecule has 5 heteroatoms. The summed E-state index contributed by atoms with van der Waals surface area (Å²) in [5.74, 6) is -0.00460. The quantitative estimate of drug-likeness (QED) is 0.904.